The highest BCUT2D eigenvalue weighted by Crippen LogP contribution is 2.55. The van der Waals surface area contributed by atoms with E-state index in [0.717, 1.165) is 155 Å². The number of rotatable bonds is 6. The van der Waals surface area contributed by atoms with Crippen molar-refractivity contribution in [3.05, 3.63) is 320 Å². The second-order valence-electron chi connectivity index (χ2n) is 30.6. The molecule has 5 heterocycles. The number of anilines is 6. The lowest BCUT2D eigenvalue weighted by atomic mass is 9.33. The normalized spacial score (nSPS) is 14.2. The molecule has 4 nitrogen and oxygen atoms in total. The van der Waals surface area contributed by atoms with Crippen molar-refractivity contribution in [3.63, 3.8) is 0 Å². The quantitative estimate of drug-likeness (QED) is 0.154. The van der Waals surface area contributed by atoms with Gasteiger partial charge in [0.25, 0.3) is 6.71 Å². The molecule has 0 N–H and O–H groups in total. The van der Waals surface area contributed by atoms with E-state index in [-0.39, 0.29) is 56.8 Å². The summed E-state index contributed by atoms with van der Waals surface area (Å²) in [7, 11) is 0. The molecule has 19 rings (SSSR count). The summed E-state index contributed by atoms with van der Waals surface area (Å²) in [6.45, 7) is 20.0. The second-order valence-corrected chi connectivity index (χ2v) is 30.6. The summed E-state index contributed by atoms with van der Waals surface area (Å²) in [5.74, 6) is 0. The van der Waals surface area contributed by atoms with Crippen LogP contribution >= 0.6 is 0 Å². The van der Waals surface area contributed by atoms with Crippen LogP contribution in [0, 0.1) is 0 Å². The van der Waals surface area contributed by atoms with Gasteiger partial charge in [0.2, 0.25) is 0 Å². The lowest BCUT2D eigenvalue weighted by molar-refractivity contribution is 0.590. The highest BCUT2D eigenvalue weighted by Gasteiger charge is 2.46. The van der Waals surface area contributed by atoms with E-state index in [1.54, 1.807) is 4.57 Å². The Hall–Kier alpha value is -11.7. The molecule has 17 aromatic rings. The average Bonchev–Trinajstić information content (AvgIpc) is 1.41. The number of hydrogen-bond acceptors (Lipinski definition) is 2. The van der Waals surface area contributed by atoms with Crippen LogP contribution in [0.4, 0.5) is 34.1 Å². The van der Waals surface area contributed by atoms with Gasteiger partial charge in [0.05, 0.1) is 49.9 Å². The fourth-order valence-electron chi connectivity index (χ4n) is 16.6. The van der Waals surface area contributed by atoms with Gasteiger partial charge in [-0.3, -0.25) is 0 Å². The summed E-state index contributed by atoms with van der Waals surface area (Å²) in [5.41, 5.74) is 20.9. The zero-order valence-electron chi connectivity index (χ0n) is 66.1. The van der Waals surface area contributed by atoms with Gasteiger partial charge in [0.15, 0.2) is 0 Å². The topological polar surface area (TPSA) is 15.8 Å². The molecule has 0 fully saturated rings. The summed E-state index contributed by atoms with van der Waals surface area (Å²) in [5, 5.41) is 8.91. The van der Waals surface area contributed by atoms with E-state index >= 15 is 0 Å². The Labute approximate surface area is 602 Å². The predicted molar refractivity (Wildman–Crippen MR) is 435 cm³/mol. The minimum atomic E-state index is -0.535. The standard InChI is InChI=1S/C96H77BN4/c1-94(2,3)63-48-51-85(76(52-63)60-30-13-10-14-31-60)99-88-59-86-79(70-39-22-20-37-68(70)67-36-19-21-38-69(67)74-43-29-44-75-73-42-25-28-47-84(73)100(86)92(74)75)58-81(88)97-80-50-49-66(98-82-45-26-23-40-71(82)72-41-24-27-46-83(72)98)57-87(80)101(90-56-65(96(7,8)9)55-89(99)91(90)97)93-77(61-32-15-11-16-33-61)53-64(95(4,5)6)54-78(93)62-34-17-12-18-35-62/h10-59H,1-9H3/i23D,24D,26D,27D,40D,41D,45D,46D. The first-order valence-corrected chi connectivity index (χ1v) is 35.2. The van der Waals surface area contributed by atoms with E-state index in [0.29, 0.717) is 5.69 Å². The fraction of sp³-hybridized carbons (Fsp3) is 0.125. The van der Waals surface area contributed by atoms with Gasteiger partial charge in [-0.1, -0.05) is 293 Å². The monoisotopic (exact) mass is 1300 g/mol. The summed E-state index contributed by atoms with van der Waals surface area (Å²) >= 11 is 0. The summed E-state index contributed by atoms with van der Waals surface area (Å²) in [4.78, 5) is 5.07. The van der Waals surface area contributed by atoms with Gasteiger partial charge in [-0.05, 0) is 160 Å². The number of para-hydroxylation sites is 4. The van der Waals surface area contributed by atoms with Gasteiger partial charge in [0, 0.05) is 77.4 Å². The first kappa shape index (κ1) is 52.4. The Kier molecular flexibility index (Phi) is 11.6. The van der Waals surface area contributed by atoms with Crippen LogP contribution in [-0.4, -0.2) is 15.7 Å². The first-order valence-electron chi connectivity index (χ1n) is 39.2. The third-order valence-corrected chi connectivity index (χ3v) is 21.5. The molecule has 0 bridgehead atoms. The van der Waals surface area contributed by atoms with E-state index in [1.165, 1.54) is 5.56 Å². The van der Waals surface area contributed by atoms with Gasteiger partial charge in [-0.15, -0.1) is 0 Å². The van der Waals surface area contributed by atoms with E-state index in [9.17, 15) is 8.22 Å². The molecule has 0 saturated heterocycles. The molecule has 5 heteroatoms. The van der Waals surface area contributed by atoms with E-state index in [1.807, 2.05) is 6.07 Å². The molecule has 484 valence electrons. The maximum absolute atomic E-state index is 9.91. The third-order valence-electron chi connectivity index (χ3n) is 21.5. The van der Waals surface area contributed by atoms with Crippen LogP contribution in [0.1, 0.15) is 90.0 Å². The number of aromatic nitrogens is 2. The third kappa shape index (κ3) is 9.35. The zero-order valence-corrected chi connectivity index (χ0v) is 58.1. The Morgan fingerprint density at radius 1 is 0.297 bits per heavy atom. The molecular formula is C96H77BN4. The molecule has 0 unspecified atom stereocenters. The van der Waals surface area contributed by atoms with Crippen molar-refractivity contribution in [2.45, 2.75) is 78.6 Å². The largest absolute Gasteiger partial charge is 0.311 e. The smallest absolute Gasteiger partial charge is 0.252 e. The SMILES string of the molecule is [2H]c1c([2H])c([2H])c2c(c1[2H])c1c([2H])c([2H])c([2H])c([2H])c1n2-c1ccc2c(c1)N(c1c(-c3ccccc3)cc(C(C)(C)C)cc1-c1ccccc1)c1cc(C(C)(C)C)cc3c1B2c1cc2c4ccccc4c4ccccc4c4cccc5c6ccccc6n(c2cc1N3c1ccc(C(C)(C)C)cc1-c1ccccc1)c45. The Balaban J connectivity index is 1.07. The van der Waals surface area contributed by atoms with Gasteiger partial charge in [-0.2, -0.15) is 0 Å². The van der Waals surface area contributed by atoms with Crippen LogP contribution < -0.4 is 26.2 Å². The maximum Gasteiger partial charge on any atom is 0.252 e. The first-order chi connectivity index (χ1) is 52.4. The minimum absolute atomic E-state index is 0.0140. The van der Waals surface area contributed by atoms with Crippen LogP contribution in [-0.2, 0) is 16.2 Å². The van der Waals surface area contributed by atoms with E-state index in [4.69, 9.17) is 2.74 Å². The fourth-order valence-corrected chi connectivity index (χ4v) is 16.6. The molecule has 101 heavy (non-hydrogen) atoms. The lowest BCUT2D eigenvalue weighted by Gasteiger charge is -2.46. The van der Waals surface area contributed by atoms with Gasteiger partial charge >= 0.3 is 0 Å². The van der Waals surface area contributed by atoms with Crippen LogP contribution in [0.3, 0.4) is 0 Å². The number of fused-ring (bicyclic) bond motifs is 17. The second kappa shape index (κ2) is 22.4. The zero-order chi connectivity index (χ0) is 75.3. The van der Waals surface area contributed by atoms with Crippen molar-refractivity contribution < 1.29 is 11.0 Å². The molecule has 3 aromatic heterocycles. The summed E-state index contributed by atoms with van der Waals surface area (Å²) < 4.78 is 80.2. The van der Waals surface area contributed by atoms with Gasteiger partial charge in [-0.25, -0.2) is 0 Å². The molecule has 0 aliphatic carbocycles. The van der Waals surface area contributed by atoms with Crippen LogP contribution in [0.5, 0.6) is 0 Å². The van der Waals surface area contributed by atoms with Crippen molar-refractivity contribution in [1.29, 1.82) is 0 Å². The van der Waals surface area contributed by atoms with Crippen LogP contribution in [0.25, 0.3) is 121 Å². The molecule has 0 saturated carbocycles. The molecule has 14 aromatic carbocycles. The van der Waals surface area contributed by atoms with Crippen molar-refractivity contribution in [2.75, 3.05) is 9.80 Å². The molecule has 2 aliphatic heterocycles. The highest BCUT2D eigenvalue weighted by atomic mass is 15.2. The highest BCUT2D eigenvalue weighted by molar-refractivity contribution is 7.00. The number of benzene rings is 14. The summed E-state index contributed by atoms with van der Waals surface area (Å²) in [6.07, 6.45) is 0. The molecule has 0 spiro atoms. The minimum Gasteiger partial charge on any atom is -0.311 e. The number of nitrogens with zero attached hydrogens (tertiary/aromatic N) is 4. The van der Waals surface area contributed by atoms with Crippen molar-refractivity contribution >= 4 is 139 Å². The Bertz CT molecular complexity index is 6710. The molecule has 0 amide bonds. The van der Waals surface area contributed by atoms with E-state index < -0.39 is 36.3 Å². The van der Waals surface area contributed by atoms with Gasteiger partial charge in [0.1, 0.15) is 0 Å². The van der Waals surface area contributed by atoms with Crippen LogP contribution in [0.15, 0.2) is 303 Å². The average molecular weight is 1310 g/mol. The predicted octanol–water partition coefficient (Wildman–Crippen LogP) is 24.3. The molecular weight excluding hydrogens is 1220 g/mol. The Morgan fingerprint density at radius 2 is 0.752 bits per heavy atom. The molecule has 2 aliphatic rings. The van der Waals surface area contributed by atoms with Gasteiger partial charge < -0.3 is 18.8 Å². The number of hydrogen-bond donors (Lipinski definition) is 0. The molecule has 0 atom stereocenters. The van der Waals surface area contributed by atoms with Crippen molar-refractivity contribution in [3.8, 4) is 39.1 Å². The summed E-state index contributed by atoms with van der Waals surface area (Å²) in [6, 6.07) is 90.0. The maximum atomic E-state index is 9.91. The van der Waals surface area contributed by atoms with Crippen molar-refractivity contribution in [1.82, 2.24) is 8.97 Å². The van der Waals surface area contributed by atoms with E-state index in [2.05, 4.69) is 325 Å². The molecule has 0 radical (unpaired) electrons. The lowest BCUT2D eigenvalue weighted by Crippen LogP contribution is -2.61. The van der Waals surface area contributed by atoms with Crippen molar-refractivity contribution in [2.24, 2.45) is 0 Å². The Morgan fingerprint density at radius 3 is 1.33 bits per heavy atom. The van der Waals surface area contributed by atoms with Crippen LogP contribution in [0.2, 0.25) is 0 Å².